The largest absolute Gasteiger partial charge is 0.478 e. The van der Waals surface area contributed by atoms with E-state index in [1.54, 1.807) is 0 Å². The molecule has 0 saturated carbocycles. The number of hydrogen-bond acceptors (Lipinski definition) is 5. The third-order valence-corrected chi connectivity index (χ3v) is 3.64. The Hall–Kier alpha value is -1.53. The number of rotatable bonds is 5. The quantitative estimate of drug-likeness (QED) is 0.844. The maximum Gasteiger partial charge on any atom is 0.339 e. The summed E-state index contributed by atoms with van der Waals surface area (Å²) in [5.74, 6) is -0.970. The maximum atomic E-state index is 11.1. The van der Waals surface area contributed by atoms with Crippen molar-refractivity contribution in [1.82, 2.24) is 19.8 Å². The summed E-state index contributed by atoms with van der Waals surface area (Å²) in [6.45, 7) is 2.61. The molecule has 1 aliphatic rings. The average molecular weight is 264 g/mol. The van der Waals surface area contributed by atoms with Crippen LogP contribution in [0.5, 0.6) is 0 Å². The van der Waals surface area contributed by atoms with Crippen molar-refractivity contribution >= 4 is 5.97 Å². The Kier molecular flexibility index (Phi) is 4.44. The second kappa shape index (κ2) is 6.08. The minimum absolute atomic E-state index is 0.189. The van der Waals surface area contributed by atoms with E-state index in [4.69, 9.17) is 5.11 Å². The van der Waals surface area contributed by atoms with Crippen LogP contribution in [0.1, 0.15) is 28.9 Å². The molecule has 0 radical (unpaired) electrons. The van der Waals surface area contributed by atoms with Gasteiger partial charge in [-0.1, -0.05) is 0 Å². The molecule has 1 aromatic rings. The predicted molar refractivity (Wildman–Crippen MR) is 71.0 cm³/mol. The molecule has 0 spiro atoms. The van der Waals surface area contributed by atoms with E-state index in [-0.39, 0.29) is 5.56 Å². The molecule has 1 unspecified atom stereocenters. The first-order valence-corrected chi connectivity index (χ1v) is 6.49. The zero-order valence-electron chi connectivity index (χ0n) is 11.4. The van der Waals surface area contributed by atoms with Gasteiger partial charge in [-0.05, 0) is 33.5 Å². The highest BCUT2D eigenvalue weighted by Gasteiger charge is 2.22. The lowest BCUT2D eigenvalue weighted by Gasteiger charge is -2.25. The second-order valence-electron chi connectivity index (χ2n) is 5.16. The van der Waals surface area contributed by atoms with Crippen molar-refractivity contribution in [2.45, 2.75) is 25.4 Å². The van der Waals surface area contributed by atoms with E-state index in [2.05, 4.69) is 26.8 Å². The number of carbonyl (C=O) groups is 1. The number of likely N-dealkylation sites (N-methyl/N-ethyl adjacent to an activating group) is 2. The van der Waals surface area contributed by atoms with Crippen molar-refractivity contribution in [1.29, 1.82) is 0 Å². The number of carboxylic acids is 1. The van der Waals surface area contributed by atoms with Gasteiger partial charge in [0.15, 0.2) is 0 Å². The molecule has 2 rings (SSSR count). The summed E-state index contributed by atoms with van der Waals surface area (Å²) >= 11 is 0. The molecule has 1 N–H and O–H groups in total. The first-order chi connectivity index (χ1) is 9.08. The Morgan fingerprint density at radius 3 is 3.05 bits per heavy atom. The molecule has 6 nitrogen and oxygen atoms in total. The second-order valence-corrected chi connectivity index (χ2v) is 5.16. The van der Waals surface area contributed by atoms with Gasteiger partial charge >= 0.3 is 5.97 Å². The maximum absolute atomic E-state index is 11.1. The SMILES string of the molecule is CN(Cc1ncncc1C(=O)O)CC1CCCN1C. The van der Waals surface area contributed by atoms with E-state index in [0.29, 0.717) is 18.3 Å². The van der Waals surface area contributed by atoms with Crippen molar-refractivity contribution in [3.8, 4) is 0 Å². The summed E-state index contributed by atoms with van der Waals surface area (Å²) in [4.78, 5) is 23.4. The molecule has 2 heterocycles. The zero-order chi connectivity index (χ0) is 13.8. The van der Waals surface area contributed by atoms with E-state index >= 15 is 0 Å². The number of aromatic carboxylic acids is 1. The Balaban J connectivity index is 1.98. The van der Waals surface area contributed by atoms with Gasteiger partial charge in [0.25, 0.3) is 0 Å². The lowest BCUT2D eigenvalue weighted by atomic mass is 10.2. The van der Waals surface area contributed by atoms with Crippen LogP contribution in [0.4, 0.5) is 0 Å². The fourth-order valence-corrected chi connectivity index (χ4v) is 2.55. The van der Waals surface area contributed by atoms with E-state index in [0.717, 1.165) is 13.1 Å². The van der Waals surface area contributed by atoms with Crippen LogP contribution in [0.15, 0.2) is 12.5 Å². The van der Waals surface area contributed by atoms with E-state index in [1.165, 1.54) is 25.4 Å². The predicted octanol–water partition coefficient (Wildman–Crippen LogP) is 0.701. The van der Waals surface area contributed by atoms with Crippen LogP contribution >= 0.6 is 0 Å². The number of nitrogens with zero attached hydrogens (tertiary/aromatic N) is 4. The molecule has 1 aliphatic heterocycles. The lowest BCUT2D eigenvalue weighted by molar-refractivity contribution is 0.0693. The molecule has 0 aliphatic carbocycles. The van der Waals surface area contributed by atoms with Gasteiger partial charge in [-0.2, -0.15) is 0 Å². The Labute approximate surface area is 113 Å². The summed E-state index contributed by atoms with van der Waals surface area (Å²) in [5, 5.41) is 9.10. The molecule has 1 aromatic heterocycles. The van der Waals surface area contributed by atoms with Crippen molar-refractivity contribution in [2.24, 2.45) is 0 Å². The summed E-state index contributed by atoms with van der Waals surface area (Å²) in [6, 6.07) is 0.556. The number of carboxylic acid groups (broad SMARTS) is 1. The summed E-state index contributed by atoms with van der Waals surface area (Å²) in [6.07, 6.45) is 5.21. The molecule has 104 valence electrons. The standard InChI is InChI=1S/C13H20N4O2/c1-16(7-10-4-3-5-17(10)2)8-12-11(13(18)19)6-14-9-15-12/h6,9-10H,3-5,7-8H2,1-2H3,(H,18,19). The number of likely N-dealkylation sites (tertiary alicyclic amines) is 1. The number of hydrogen-bond donors (Lipinski definition) is 1. The monoisotopic (exact) mass is 264 g/mol. The molecule has 19 heavy (non-hydrogen) atoms. The van der Waals surface area contributed by atoms with Gasteiger partial charge in [0, 0.05) is 25.3 Å². The lowest BCUT2D eigenvalue weighted by Crippen LogP contribution is -2.36. The van der Waals surface area contributed by atoms with Gasteiger partial charge in [0.1, 0.15) is 11.9 Å². The van der Waals surface area contributed by atoms with Gasteiger partial charge in [-0.25, -0.2) is 14.8 Å². The van der Waals surface area contributed by atoms with E-state index in [9.17, 15) is 4.79 Å². The molecule has 1 saturated heterocycles. The fourth-order valence-electron chi connectivity index (χ4n) is 2.55. The van der Waals surface area contributed by atoms with E-state index < -0.39 is 5.97 Å². The van der Waals surface area contributed by atoms with Crippen molar-refractivity contribution in [3.05, 3.63) is 23.8 Å². The topological polar surface area (TPSA) is 69.6 Å². The fraction of sp³-hybridized carbons (Fsp3) is 0.615. The average Bonchev–Trinajstić information content (AvgIpc) is 2.75. The molecule has 0 bridgehead atoms. The molecular formula is C13H20N4O2. The Morgan fingerprint density at radius 2 is 2.42 bits per heavy atom. The normalized spacial score (nSPS) is 20.1. The van der Waals surface area contributed by atoms with Crippen molar-refractivity contribution < 1.29 is 9.90 Å². The van der Waals surface area contributed by atoms with Crippen LogP contribution in [0.25, 0.3) is 0 Å². The van der Waals surface area contributed by atoms with Crippen LogP contribution < -0.4 is 0 Å². The van der Waals surface area contributed by atoms with Crippen LogP contribution in [-0.2, 0) is 6.54 Å². The summed E-state index contributed by atoms with van der Waals surface area (Å²) < 4.78 is 0. The molecular weight excluding hydrogens is 244 g/mol. The van der Waals surface area contributed by atoms with Crippen LogP contribution in [0, 0.1) is 0 Å². The van der Waals surface area contributed by atoms with Gasteiger partial charge < -0.3 is 10.0 Å². The Bertz CT molecular complexity index is 452. The van der Waals surface area contributed by atoms with E-state index in [1.807, 2.05) is 7.05 Å². The molecule has 0 aromatic carbocycles. The molecule has 0 amide bonds. The summed E-state index contributed by atoms with van der Waals surface area (Å²) in [7, 11) is 4.14. The van der Waals surface area contributed by atoms with Crippen LogP contribution in [-0.4, -0.2) is 64.1 Å². The zero-order valence-corrected chi connectivity index (χ0v) is 11.4. The highest BCUT2D eigenvalue weighted by atomic mass is 16.4. The highest BCUT2D eigenvalue weighted by molar-refractivity contribution is 5.88. The van der Waals surface area contributed by atoms with Gasteiger partial charge in [-0.3, -0.25) is 4.90 Å². The summed E-state index contributed by atoms with van der Waals surface area (Å²) in [5.41, 5.74) is 0.764. The Morgan fingerprint density at radius 1 is 1.63 bits per heavy atom. The van der Waals surface area contributed by atoms with Gasteiger partial charge in [0.2, 0.25) is 0 Å². The highest BCUT2D eigenvalue weighted by Crippen LogP contribution is 2.16. The minimum Gasteiger partial charge on any atom is -0.478 e. The van der Waals surface area contributed by atoms with Gasteiger partial charge in [0.05, 0.1) is 5.69 Å². The van der Waals surface area contributed by atoms with Crippen LogP contribution in [0.3, 0.4) is 0 Å². The number of aromatic nitrogens is 2. The molecule has 1 fully saturated rings. The first kappa shape index (κ1) is 13.9. The molecule has 6 heteroatoms. The minimum atomic E-state index is -0.970. The van der Waals surface area contributed by atoms with Crippen LogP contribution in [0.2, 0.25) is 0 Å². The van der Waals surface area contributed by atoms with Gasteiger partial charge in [-0.15, -0.1) is 0 Å². The van der Waals surface area contributed by atoms with Crippen molar-refractivity contribution in [2.75, 3.05) is 27.2 Å². The molecule has 1 atom stereocenters. The first-order valence-electron chi connectivity index (χ1n) is 6.49. The smallest absolute Gasteiger partial charge is 0.339 e. The third kappa shape index (κ3) is 3.48. The third-order valence-electron chi connectivity index (χ3n) is 3.64. The van der Waals surface area contributed by atoms with Crippen molar-refractivity contribution in [3.63, 3.8) is 0 Å².